The molecular formula is C13H21NO2. The molecule has 1 N–H and O–H groups in total. The highest BCUT2D eigenvalue weighted by molar-refractivity contribution is 5.29. The molecule has 0 heterocycles. The highest BCUT2D eigenvalue weighted by Crippen LogP contribution is 2.18. The van der Waals surface area contributed by atoms with Gasteiger partial charge in [0.05, 0.1) is 19.3 Å². The van der Waals surface area contributed by atoms with Gasteiger partial charge in [-0.05, 0) is 31.2 Å². The molecule has 1 unspecified atom stereocenters. The number of ether oxygens (including phenoxy) is 2. The monoisotopic (exact) mass is 223 g/mol. The summed E-state index contributed by atoms with van der Waals surface area (Å²) in [4.78, 5) is 0. The van der Waals surface area contributed by atoms with E-state index in [1.165, 1.54) is 5.56 Å². The maximum atomic E-state index is 5.53. The van der Waals surface area contributed by atoms with E-state index in [0.29, 0.717) is 6.61 Å². The molecule has 0 aliphatic rings. The Hall–Kier alpha value is -1.06. The molecule has 3 nitrogen and oxygen atoms in total. The minimum atomic E-state index is 0.241. The molecule has 0 spiro atoms. The Bertz CT molecular complexity index is 284. The van der Waals surface area contributed by atoms with Crippen molar-refractivity contribution in [3.8, 4) is 5.75 Å². The van der Waals surface area contributed by atoms with Gasteiger partial charge in [0.2, 0.25) is 0 Å². The molecule has 1 atom stereocenters. The van der Waals surface area contributed by atoms with E-state index in [9.17, 15) is 0 Å². The lowest BCUT2D eigenvalue weighted by Gasteiger charge is -2.15. The van der Waals surface area contributed by atoms with E-state index in [1.807, 2.05) is 19.2 Å². The summed E-state index contributed by atoms with van der Waals surface area (Å²) in [5.74, 6) is 0.929. The van der Waals surface area contributed by atoms with Crippen molar-refractivity contribution >= 4 is 0 Å². The van der Waals surface area contributed by atoms with Crippen LogP contribution in [0, 0.1) is 0 Å². The van der Waals surface area contributed by atoms with E-state index in [4.69, 9.17) is 9.47 Å². The fourth-order valence-corrected chi connectivity index (χ4v) is 1.53. The van der Waals surface area contributed by atoms with Crippen LogP contribution in [0.5, 0.6) is 5.75 Å². The van der Waals surface area contributed by atoms with Crippen molar-refractivity contribution < 1.29 is 9.47 Å². The molecule has 0 fully saturated rings. The van der Waals surface area contributed by atoms with E-state index in [1.54, 1.807) is 7.11 Å². The molecule has 0 radical (unpaired) electrons. The van der Waals surface area contributed by atoms with Gasteiger partial charge in [0.15, 0.2) is 0 Å². The number of methoxy groups -OCH3 is 1. The molecule has 0 aliphatic carbocycles. The van der Waals surface area contributed by atoms with Crippen LogP contribution in [-0.2, 0) is 4.74 Å². The third-order valence-electron chi connectivity index (χ3n) is 2.44. The van der Waals surface area contributed by atoms with Crippen molar-refractivity contribution in [1.82, 2.24) is 5.32 Å². The molecule has 0 aliphatic heterocycles. The lowest BCUT2D eigenvalue weighted by atomic mass is 10.1. The Morgan fingerprint density at radius 1 is 1.25 bits per heavy atom. The van der Waals surface area contributed by atoms with Crippen molar-refractivity contribution in [1.29, 1.82) is 0 Å². The highest BCUT2D eigenvalue weighted by atomic mass is 16.5. The molecule has 0 saturated heterocycles. The van der Waals surface area contributed by atoms with Gasteiger partial charge in [0.1, 0.15) is 5.75 Å². The van der Waals surface area contributed by atoms with Crippen LogP contribution in [0.2, 0.25) is 0 Å². The maximum Gasteiger partial charge on any atom is 0.119 e. The third kappa shape index (κ3) is 3.83. The predicted molar refractivity (Wildman–Crippen MR) is 65.9 cm³/mol. The maximum absolute atomic E-state index is 5.53. The van der Waals surface area contributed by atoms with Gasteiger partial charge in [-0.1, -0.05) is 19.1 Å². The van der Waals surface area contributed by atoms with Crippen LogP contribution in [-0.4, -0.2) is 27.4 Å². The van der Waals surface area contributed by atoms with Gasteiger partial charge in [-0.3, -0.25) is 0 Å². The van der Waals surface area contributed by atoms with Crippen molar-refractivity contribution in [2.24, 2.45) is 0 Å². The average Bonchev–Trinajstić information content (AvgIpc) is 2.34. The first kappa shape index (κ1) is 13.0. The largest absolute Gasteiger partial charge is 0.494 e. The van der Waals surface area contributed by atoms with E-state index in [0.717, 1.165) is 18.8 Å². The Morgan fingerprint density at radius 3 is 2.44 bits per heavy atom. The first-order valence-corrected chi connectivity index (χ1v) is 5.70. The summed E-state index contributed by atoms with van der Waals surface area (Å²) >= 11 is 0. The first-order valence-electron chi connectivity index (χ1n) is 5.70. The van der Waals surface area contributed by atoms with Gasteiger partial charge in [0, 0.05) is 7.11 Å². The van der Waals surface area contributed by atoms with E-state index in [-0.39, 0.29) is 6.04 Å². The van der Waals surface area contributed by atoms with Crippen molar-refractivity contribution in [2.45, 2.75) is 19.4 Å². The van der Waals surface area contributed by atoms with Crippen LogP contribution < -0.4 is 10.1 Å². The molecule has 1 aromatic rings. The summed E-state index contributed by atoms with van der Waals surface area (Å²) in [6.45, 7) is 3.54. The van der Waals surface area contributed by atoms with Crippen LogP contribution in [0.4, 0.5) is 0 Å². The zero-order chi connectivity index (χ0) is 11.8. The van der Waals surface area contributed by atoms with Crippen LogP contribution in [0.25, 0.3) is 0 Å². The van der Waals surface area contributed by atoms with Crippen LogP contribution >= 0.6 is 0 Å². The Kier molecular flexibility index (Phi) is 5.90. The van der Waals surface area contributed by atoms with Gasteiger partial charge >= 0.3 is 0 Å². The predicted octanol–water partition coefficient (Wildman–Crippen LogP) is 2.38. The quantitative estimate of drug-likeness (QED) is 0.770. The van der Waals surface area contributed by atoms with Crippen LogP contribution in [0.1, 0.15) is 24.9 Å². The minimum Gasteiger partial charge on any atom is -0.494 e. The molecule has 3 heteroatoms. The molecule has 90 valence electrons. The summed E-state index contributed by atoms with van der Waals surface area (Å²) in [7, 11) is 3.65. The Morgan fingerprint density at radius 2 is 1.94 bits per heavy atom. The summed E-state index contributed by atoms with van der Waals surface area (Å²) < 4.78 is 10.7. The fourth-order valence-electron chi connectivity index (χ4n) is 1.53. The summed E-state index contributed by atoms with van der Waals surface area (Å²) in [6.07, 6.45) is 1.03. The summed E-state index contributed by atoms with van der Waals surface area (Å²) in [5, 5.41) is 3.22. The van der Waals surface area contributed by atoms with E-state index >= 15 is 0 Å². The normalized spacial score (nSPS) is 12.4. The molecule has 0 aromatic heterocycles. The third-order valence-corrected chi connectivity index (χ3v) is 2.44. The van der Waals surface area contributed by atoms with Gasteiger partial charge in [-0.2, -0.15) is 0 Å². The summed E-state index contributed by atoms with van der Waals surface area (Å²) in [6, 6.07) is 8.40. The fraction of sp³-hybridized carbons (Fsp3) is 0.538. The van der Waals surface area contributed by atoms with Crippen molar-refractivity contribution in [2.75, 3.05) is 27.4 Å². The first-order chi connectivity index (χ1) is 7.81. The van der Waals surface area contributed by atoms with Gasteiger partial charge in [-0.15, -0.1) is 0 Å². The SMILES string of the molecule is CCCOc1ccc(C(COC)NC)cc1. The molecule has 1 rings (SSSR count). The molecule has 0 bridgehead atoms. The number of benzene rings is 1. The minimum absolute atomic E-state index is 0.241. The zero-order valence-electron chi connectivity index (χ0n) is 10.3. The second kappa shape index (κ2) is 7.25. The van der Waals surface area contributed by atoms with Crippen LogP contribution in [0.15, 0.2) is 24.3 Å². The molecule has 1 aromatic carbocycles. The molecule has 0 amide bonds. The molecule has 0 saturated carbocycles. The number of hydrogen-bond acceptors (Lipinski definition) is 3. The van der Waals surface area contributed by atoms with E-state index < -0.39 is 0 Å². The zero-order valence-corrected chi connectivity index (χ0v) is 10.3. The lowest BCUT2D eigenvalue weighted by molar-refractivity contribution is 0.170. The van der Waals surface area contributed by atoms with Gasteiger partial charge < -0.3 is 14.8 Å². The second-order valence-corrected chi connectivity index (χ2v) is 3.71. The standard InChI is InChI=1S/C13H21NO2/c1-4-9-16-12-7-5-11(6-8-12)13(14-2)10-15-3/h5-8,13-14H,4,9-10H2,1-3H3. The van der Waals surface area contributed by atoms with E-state index in [2.05, 4.69) is 24.4 Å². The smallest absolute Gasteiger partial charge is 0.119 e. The summed E-state index contributed by atoms with van der Waals surface area (Å²) in [5.41, 5.74) is 1.22. The number of rotatable bonds is 7. The average molecular weight is 223 g/mol. The molecular weight excluding hydrogens is 202 g/mol. The van der Waals surface area contributed by atoms with Crippen molar-refractivity contribution in [3.05, 3.63) is 29.8 Å². The Balaban J connectivity index is 2.61. The second-order valence-electron chi connectivity index (χ2n) is 3.71. The number of hydrogen-bond donors (Lipinski definition) is 1. The van der Waals surface area contributed by atoms with Gasteiger partial charge in [-0.25, -0.2) is 0 Å². The van der Waals surface area contributed by atoms with Gasteiger partial charge in [0.25, 0.3) is 0 Å². The van der Waals surface area contributed by atoms with Crippen LogP contribution in [0.3, 0.4) is 0 Å². The topological polar surface area (TPSA) is 30.5 Å². The number of likely N-dealkylation sites (N-methyl/N-ethyl adjacent to an activating group) is 1. The lowest BCUT2D eigenvalue weighted by Crippen LogP contribution is -2.20. The molecule has 16 heavy (non-hydrogen) atoms. The Labute approximate surface area is 97.8 Å². The number of nitrogens with one attached hydrogen (secondary N) is 1. The van der Waals surface area contributed by atoms with Crippen molar-refractivity contribution in [3.63, 3.8) is 0 Å². The highest BCUT2D eigenvalue weighted by Gasteiger charge is 2.08.